The third kappa shape index (κ3) is 23.3. The zero-order valence-corrected chi connectivity index (χ0v) is 58.6. The molecule has 0 radical (unpaired) electrons. The topological polar surface area (TPSA) is 339 Å². The number of rotatable bonds is 27. The molecule has 6 aliphatic rings. The Bertz CT molecular complexity index is 2490. The minimum Gasteiger partial charge on any atom is -0.456 e. The molecule has 1 aromatic rings. The third-order valence-corrected chi connectivity index (χ3v) is 19.6. The molecule has 0 bridgehead atoms. The summed E-state index contributed by atoms with van der Waals surface area (Å²) in [5, 5.41) is 82.0. The van der Waals surface area contributed by atoms with Crippen molar-refractivity contribution in [2.45, 2.75) is 376 Å². The summed E-state index contributed by atoms with van der Waals surface area (Å²) in [6.45, 7) is 15.4. The molecule has 6 heterocycles. The first-order valence-electron chi connectivity index (χ1n) is 36.4. The zero-order valence-electron chi connectivity index (χ0n) is 58.6. The molecule has 0 spiro atoms. The van der Waals surface area contributed by atoms with Crippen LogP contribution in [0.25, 0.3) is 6.08 Å². The fourth-order valence-corrected chi connectivity index (χ4v) is 13.3. The lowest BCUT2D eigenvalue weighted by molar-refractivity contribution is -0.399. The summed E-state index contributed by atoms with van der Waals surface area (Å²) >= 11 is 0. The number of aliphatic hydroxyl groups is 7. The Morgan fingerprint density at radius 3 is 1.72 bits per heavy atom. The first-order chi connectivity index (χ1) is 46.5. The molecule has 97 heavy (non-hydrogen) atoms. The van der Waals surface area contributed by atoms with E-state index in [2.05, 4.69) is 13.8 Å². The van der Waals surface area contributed by atoms with Gasteiger partial charge in [0.25, 0.3) is 0 Å². The van der Waals surface area contributed by atoms with Crippen molar-refractivity contribution >= 4 is 30.0 Å². The van der Waals surface area contributed by atoms with E-state index in [0.29, 0.717) is 44.1 Å². The number of carbonyl (C=O) groups excluding carboxylic acids is 4. The van der Waals surface area contributed by atoms with E-state index in [9.17, 15) is 54.9 Å². The molecular weight excluding hydrogens is 1260 g/mol. The minimum atomic E-state index is -1.95. The van der Waals surface area contributed by atoms with Crippen molar-refractivity contribution in [1.82, 2.24) is 0 Å². The summed E-state index contributed by atoms with van der Waals surface area (Å²) < 4.78 is 90.0. The summed E-state index contributed by atoms with van der Waals surface area (Å²) in [6, 6.07) is 8.86. The number of fused-ring (bicyclic) bond motifs is 2. The van der Waals surface area contributed by atoms with Crippen LogP contribution in [0.5, 0.6) is 0 Å². The summed E-state index contributed by atoms with van der Waals surface area (Å²) in [5.74, 6) is -3.66. The van der Waals surface area contributed by atoms with Crippen LogP contribution in [0.2, 0.25) is 0 Å². The van der Waals surface area contributed by atoms with Gasteiger partial charge in [0.05, 0.1) is 42.5 Å². The standard InChI is InChI=1S/C72H116O25/c1-10-13-15-16-17-18-21-24-32-38-50(74)92-66-65(97-68-56(80)54(78)52(76)42(5)84-68)61(95-70-63(91-51(75)40-39-47-33-28-26-29-34-47)57(81)59(44(7)86-70)93-67(83)41(4)12-3)46(9)88-72(66)94-60-45(8)87-71-64(58(60)82)90-49(73)37-31-25-22-19-20-23-30-36-48(35-27-14-11-2)89-69-62(96-71)55(79)53(77)43(6)85-69/h26,28-29,33-34,39-46,48,52-66,68-72,76-82H,10-25,27,30-32,35-38H2,1-9H3. The Hall–Kier alpha value is -3.84. The fourth-order valence-electron chi connectivity index (χ4n) is 13.3. The van der Waals surface area contributed by atoms with Crippen molar-refractivity contribution in [1.29, 1.82) is 0 Å². The van der Waals surface area contributed by atoms with Crippen LogP contribution in [0, 0.1) is 5.92 Å². The highest BCUT2D eigenvalue weighted by Gasteiger charge is 2.59. The van der Waals surface area contributed by atoms with Gasteiger partial charge in [-0.3, -0.25) is 14.4 Å². The fraction of sp³-hybridized carbons (Fsp3) is 0.833. The molecule has 25 heteroatoms. The molecule has 0 aromatic heterocycles. The van der Waals surface area contributed by atoms with Crippen LogP contribution < -0.4 is 0 Å². The van der Waals surface area contributed by atoms with Crippen LogP contribution in [-0.4, -0.2) is 219 Å². The van der Waals surface area contributed by atoms with Gasteiger partial charge in [0, 0.05) is 18.9 Å². The number of hydrogen-bond acceptors (Lipinski definition) is 25. The summed E-state index contributed by atoms with van der Waals surface area (Å²) in [4.78, 5) is 55.9. The number of benzene rings is 1. The molecule has 6 aliphatic heterocycles. The average Bonchev–Trinajstić information content (AvgIpc) is 0.767. The van der Waals surface area contributed by atoms with Gasteiger partial charge in [-0.05, 0) is 78.4 Å². The lowest BCUT2D eigenvalue weighted by atomic mass is 9.95. The minimum absolute atomic E-state index is 0.0392. The number of esters is 4. The van der Waals surface area contributed by atoms with E-state index in [4.69, 9.17) is 66.3 Å². The molecule has 0 amide bonds. The second-order valence-corrected chi connectivity index (χ2v) is 27.5. The Labute approximate surface area is 573 Å². The van der Waals surface area contributed by atoms with E-state index in [0.717, 1.165) is 109 Å². The first kappa shape index (κ1) is 80.5. The summed E-state index contributed by atoms with van der Waals surface area (Å²) in [7, 11) is 0. The molecule has 25 nitrogen and oxygen atoms in total. The Morgan fingerprint density at radius 2 is 1.04 bits per heavy atom. The van der Waals surface area contributed by atoms with E-state index < -0.39 is 183 Å². The largest absolute Gasteiger partial charge is 0.456 e. The van der Waals surface area contributed by atoms with Gasteiger partial charge in [0.2, 0.25) is 0 Å². The Kier molecular flexibility index (Phi) is 33.8. The molecule has 7 N–H and O–H groups in total. The average molecular weight is 1380 g/mol. The molecule has 27 atom stereocenters. The first-order valence-corrected chi connectivity index (χ1v) is 36.4. The smallest absolute Gasteiger partial charge is 0.331 e. The van der Waals surface area contributed by atoms with Crippen LogP contribution in [-0.2, 0) is 85.5 Å². The van der Waals surface area contributed by atoms with Gasteiger partial charge < -0.3 is 102 Å². The van der Waals surface area contributed by atoms with Crippen molar-refractivity contribution < 1.29 is 121 Å². The highest BCUT2D eigenvalue weighted by molar-refractivity contribution is 5.87. The maximum atomic E-state index is 14.6. The zero-order chi connectivity index (χ0) is 70.3. The molecule has 27 unspecified atom stereocenters. The Balaban J connectivity index is 1.26. The van der Waals surface area contributed by atoms with Crippen molar-refractivity contribution in [3.63, 3.8) is 0 Å². The quantitative estimate of drug-likeness (QED) is 0.0193. The van der Waals surface area contributed by atoms with Crippen LogP contribution in [0.1, 0.15) is 222 Å². The number of carbonyl (C=O) groups is 4. The second kappa shape index (κ2) is 40.7. The SMILES string of the molecule is CCCCCCCCCCCC(=O)OC1C(OC2C(C)OC3OC4C(OC(CCCCC)CCCCCCCCCC(=O)OC3C2O)OC(C)C(O)C4O)OC(C)C(OC2OC(C)C(OC(=O)C(C)CC)C(O)C2OC(=O)C=Cc2ccccc2)C1OC1OC(C)C(O)C(O)C1O. The van der Waals surface area contributed by atoms with Gasteiger partial charge in [-0.15, -0.1) is 0 Å². The number of unbranched alkanes of at least 4 members (excludes halogenated alkanes) is 10. The van der Waals surface area contributed by atoms with Crippen molar-refractivity contribution in [2.75, 3.05) is 0 Å². The van der Waals surface area contributed by atoms with E-state index in [-0.39, 0.29) is 18.9 Å². The molecule has 6 saturated heterocycles. The predicted molar refractivity (Wildman–Crippen MR) is 350 cm³/mol. The van der Waals surface area contributed by atoms with Crippen LogP contribution in [0.3, 0.4) is 0 Å². The highest BCUT2D eigenvalue weighted by Crippen LogP contribution is 2.40. The lowest BCUT2D eigenvalue weighted by Crippen LogP contribution is -2.68. The van der Waals surface area contributed by atoms with Gasteiger partial charge >= 0.3 is 23.9 Å². The number of hydrogen-bond donors (Lipinski definition) is 7. The molecule has 7 rings (SSSR count). The molecule has 0 aliphatic carbocycles. The second-order valence-electron chi connectivity index (χ2n) is 27.5. The monoisotopic (exact) mass is 1380 g/mol. The van der Waals surface area contributed by atoms with Gasteiger partial charge in [0.1, 0.15) is 67.1 Å². The molecule has 0 saturated carbocycles. The maximum Gasteiger partial charge on any atom is 0.331 e. The third-order valence-electron chi connectivity index (χ3n) is 19.6. The van der Waals surface area contributed by atoms with Gasteiger partial charge in [-0.25, -0.2) is 4.79 Å². The van der Waals surface area contributed by atoms with E-state index in [1.165, 1.54) is 33.8 Å². The maximum absolute atomic E-state index is 14.6. The van der Waals surface area contributed by atoms with Crippen LogP contribution in [0.15, 0.2) is 36.4 Å². The normalized spacial score (nSPS) is 38.5. The lowest BCUT2D eigenvalue weighted by Gasteiger charge is -2.51. The van der Waals surface area contributed by atoms with E-state index >= 15 is 0 Å². The van der Waals surface area contributed by atoms with Crippen molar-refractivity contribution in [2.24, 2.45) is 5.92 Å². The van der Waals surface area contributed by atoms with Gasteiger partial charge in [-0.2, -0.15) is 0 Å². The predicted octanol–water partition coefficient (Wildman–Crippen LogP) is 7.60. The summed E-state index contributed by atoms with van der Waals surface area (Å²) in [5.41, 5.74) is 0.646. The van der Waals surface area contributed by atoms with Crippen molar-refractivity contribution in [3.05, 3.63) is 42.0 Å². The summed E-state index contributed by atoms with van der Waals surface area (Å²) in [6.07, 6.45) is -17.8. The number of ether oxygens (including phenoxy) is 14. The van der Waals surface area contributed by atoms with Gasteiger partial charge in [-0.1, -0.05) is 167 Å². The number of aliphatic hydroxyl groups excluding tert-OH is 7. The highest BCUT2D eigenvalue weighted by atomic mass is 16.8. The molecule has 6 fully saturated rings. The van der Waals surface area contributed by atoms with E-state index in [1.54, 1.807) is 51.1 Å². The van der Waals surface area contributed by atoms with E-state index in [1.807, 2.05) is 0 Å². The molecule has 554 valence electrons. The van der Waals surface area contributed by atoms with Gasteiger partial charge in [0.15, 0.2) is 55.9 Å². The molecular formula is C72H116O25. The van der Waals surface area contributed by atoms with Crippen LogP contribution >= 0.6 is 0 Å². The van der Waals surface area contributed by atoms with Crippen molar-refractivity contribution in [3.8, 4) is 0 Å². The molecule has 1 aromatic carbocycles. The van der Waals surface area contributed by atoms with Crippen LogP contribution in [0.4, 0.5) is 0 Å². The Morgan fingerprint density at radius 1 is 0.495 bits per heavy atom.